The molecule has 1 aromatic rings. The first-order chi connectivity index (χ1) is 8.13. The van der Waals surface area contributed by atoms with E-state index in [-0.39, 0.29) is 11.3 Å². The normalized spacial score (nSPS) is 10.4. The number of carbonyl (C=O) groups is 1. The highest BCUT2D eigenvalue weighted by Gasteiger charge is 2.17. The van der Waals surface area contributed by atoms with Gasteiger partial charge in [0.05, 0.1) is 19.8 Å². The van der Waals surface area contributed by atoms with Gasteiger partial charge in [-0.05, 0) is 24.1 Å². The van der Waals surface area contributed by atoms with Gasteiger partial charge in [-0.2, -0.15) is 0 Å². The van der Waals surface area contributed by atoms with Crippen LogP contribution in [-0.4, -0.2) is 20.5 Å². The molecule has 1 rings (SSSR count). The second kappa shape index (κ2) is 6.18. The van der Waals surface area contributed by atoms with Crippen molar-refractivity contribution >= 4 is 6.29 Å². The third-order valence-electron chi connectivity index (χ3n) is 2.40. The molecule has 0 saturated carbocycles. The minimum Gasteiger partial charge on any atom is -0.496 e. The molecule has 0 aliphatic heterocycles. The average molecular weight is 244 g/mol. The number of hydrogen-bond donors (Lipinski definition) is 0. The third kappa shape index (κ3) is 3.15. The van der Waals surface area contributed by atoms with Gasteiger partial charge in [-0.25, -0.2) is 8.78 Å². The first kappa shape index (κ1) is 13.4. The average Bonchev–Trinajstić information content (AvgIpc) is 2.34. The van der Waals surface area contributed by atoms with Crippen molar-refractivity contribution in [2.75, 3.05) is 14.2 Å². The summed E-state index contributed by atoms with van der Waals surface area (Å²) in [7, 11) is 2.73. The Kier molecular flexibility index (Phi) is 4.87. The van der Waals surface area contributed by atoms with Gasteiger partial charge in [-0.15, -0.1) is 0 Å². The molecule has 0 aliphatic carbocycles. The Balaban J connectivity index is 3.17. The maximum atomic E-state index is 12.7. The molecule has 0 aliphatic rings. The van der Waals surface area contributed by atoms with Gasteiger partial charge in [-0.1, -0.05) is 0 Å². The summed E-state index contributed by atoms with van der Waals surface area (Å²) in [6, 6.07) is 2.74. The third-order valence-corrected chi connectivity index (χ3v) is 2.40. The maximum Gasteiger partial charge on any atom is 0.267 e. The molecule has 0 heterocycles. The maximum absolute atomic E-state index is 12.7. The Hall–Kier alpha value is -1.65. The SMILES string of the molecule is COc1cc(C(F)F)c(OC)cc1CCC=O. The largest absolute Gasteiger partial charge is 0.496 e. The molecule has 0 N–H and O–H groups in total. The van der Waals surface area contributed by atoms with Gasteiger partial charge in [0.1, 0.15) is 17.8 Å². The lowest BCUT2D eigenvalue weighted by atomic mass is 10.0. The van der Waals surface area contributed by atoms with E-state index < -0.39 is 6.43 Å². The molecule has 17 heavy (non-hydrogen) atoms. The lowest BCUT2D eigenvalue weighted by Gasteiger charge is -2.13. The number of alkyl halides is 2. The fourth-order valence-corrected chi connectivity index (χ4v) is 1.56. The number of hydrogen-bond acceptors (Lipinski definition) is 3. The Labute approximate surface area is 98.3 Å². The van der Waals surface area contributed by atoms with Crippen LogP contribution in [0.4, 0.5) is 8.78 Å². The van der Waals surface area contributed by atoms with Crippen LogP contribution >= 0.6 is 0 Å². The molecule has 0 spiro atoms. The van der Waals surface area contributed by atoms with Crippen LogP contribution in [0.3, 0.4) is 0 Å². The minimum atomic E-state index is -2.63. The minimum absolute atomic E-state index is 0.113. The zero-order valence-corrected chi connectivity index (χ0v) is 9.70. The van der Waals surface area contributed by atoms with Gasteiger partial charge in [0, 0.05) is 6.42 Å². The first-order valence-electron chi connectivity index (χ1n) is 5.10. The Morgan fingerprint density at radius 3 is 2.35 bits per heavy atom. The van der Waals surface area contributed by atoms with E-state index in [4.69, 9.17) is 9.47 Å². The van der Waals surface area contributed by atoms with Crippen LogP contribution in [0.5, 0.6) is 11.5 Å². The Morgan fingerprint density at radius 1 is 1.24 bits per heavy atom. The van der Waals surface area contributed by atoms with E-state index in [0.29, 0.717) is 24.2 Å². The van der Waals surface area contributed by atoms with Crippen LogP contribution in [0.2, 0.25) is 0 Å². The van der Waals surface area contributed by atoms with Crippen LogP contribution in [-0.2, 0) is 11.2 Å². The topological polar surface area (TPSA) is 35.5 Å². The molecule has 0 radical (unpaired) electrons. The van der Waals surface area contributed by atoms with Crippen molar-refractivity contribution in [2.45, 2.75) is 19.3 Å². The molecule has 0 bridgehead atoms. The predicted octanol–water partition coefficient (Wildman–Crippen LogP) is 2.77. The number of aldehydes is 1. The molecule has 0 fully saturated rings. The Bertz CT molecular complexity index is 392. The highest BCUT2D eigenvalue weighted by molar-refractivity contribution is 5.53. The van der Waals surface area contributed by atoms with Gasteiger partial charge in [-0.3, -0.25) is 0 Å². The first-order valence-corrected chi connectivity index (χ1v) is 5.10. The second-order valence-corrected chi connectivity index (χ2v) is 3.41. The number of aryl methyl sites for hydroxylation is 1. The molecule has 0 amide bonds. The molecular formula is C12H14F2O3. The molecule has 3 nitrogen and oxygen atoms in total. The molecule has 0 atom stereocenters. The summed E-state index contributed by atoms with van der Waals surface area (Å²) in [5.74, 6) is 0.463. The second-order valence-electron chi connectivity index (χ2n) is 3.41. The number of rotatable bonds is 6. The van der Waals surface area contributed by atoms with Crippen molar-refractivity contribution in [3.8, 4) is 11.5 Å². The molecule has 0 saturated heterocycles. The van der Waals surface area contributed by atoms with E-state index in [1.807, 2.05) is 0 Å². The number of carbonyl (C=O) groups excluding carboxylic acids is 1. The van der Waals surface area contributed by atoms with E-state index in [1.54, 1.807) is 0 Å². The summed E-state index contributed by atoms with van der Waals surface area (Å²) < 4.78 is 35.4. The van der Waals surface area contributed by atoms with Crippen LogP contribution in [0.1, 0.15) is 24.0 Å². The van der Waals surface area contributed by atoms with Crippen molar-refractivity contribution in [1.82, 2.24) is 0 Å². The van der Waals surface area contributed by atoms with Crippen molar-refractivity contribution in [1.29, 1.82) is 0 Å². The van der Waals surface area contributed by atoms with Crippen LogP contribution in [0, 0.1) is 0 Å². The monoisotopic (exact) mass is 244 g/mol. The van der Waals surface area contributed by atoms with Crippen molar-refractivity contribution in [3.05, 3.63) is 23.3 Å². The fourth-order valence-electron chi connectivity index (χ4n) is 1.56. The molecule has 1 aromatic carbocycles. The van der Waals surface area contributed by atoms with Crippen molar-refractivity contribution in [2.24, 2.45) is 0 Å². The van der Waals surface area contributed by atoms with Crippen molar-refractivity contribution < 1.29 is 23.0 Å². The van der Waals surface area contributed by atoms with Crippen LogP contribution in [0.15, 0.2) is 12.1 Å². The van der Waals surface area contributed by atoms with E-state index >= 15 is 0 Å². The van der Waals surface area contributed by atoms with Gasteiger partial charge in [0.15, 0.2) is 0 Å². The summed E-state index contributed by atoms with van der Waals surface area (Å²) in [4.78, 5) is 10.3. The summed E-state index contributed by atoms with van der Waals surface area (Å²) >= 11 is 0. The standard InChI is InChI=1S/C12H14F2O3/c1-16-10-7-9(12(13)14)11(17-2)6-8(10)4-3-5-15/h5-7,12H,3-4H2,1-2H3. The van der Waals surface area contributed by atoms with Crippen LogP contribution < -0.4 is 9.47 Å². The smallest absolute Gasteiger partial charge is 0.267 e. The number of methoxy groups -OCH3 is 2. The van der Waals surface area contributed by atoms with E-state index in [1.165, 1.54) is 26.4 Å². The highest BCUT2D eigenvalue weighted by Crippen LogP contribution is 2.35. The fraction of sp³-hybridized carbons (Fsp3) is 0.417. The molecule has 5 heteroatoms. The Morgan fingerprint density at radius 2 is 1.88 bits per heavy atom. The number of ether oxygens (including phenoxy) is 2. The molecule has 0 unspecified atom stereocenters. The van der Waals surface area contributed by atoms with E-state index in [0.717, 1.165) is 6.29 Å². The summed E-state index contributed by atoms with van der Waals surface area (Å²) in [6.07, 6.45) is -1.11. The van der Waals surface area contributed by atoms with Gasteiger partial charge >= 0.3 is 0 Å². The van der Waals surface area contributed by atoms with Crippen molar-refractivity contribution in [3.63, 3.8) is 0 Å². The van der Waals surface area contributed by atoms with Gasteiger partial charge < -0.3 is 14.3 Å². The molecule has 94 valence electrons. The van der Waals surface area contributed by atoms with E-state index in [2.05, 4.69) is 0 Å². The highest BCUT2D eigenvalue weighted by atomic mass is 19.3. The zero-order chi connectivity index (χ0) is 12.8. The summed E-state index contributed by atoms with van der Waals surface area (Å²) in [5, 5.41) is 0. The zero-order valence-electron chi connectivity index (χ0n) is 9.70. The van der Waals surface area contributed by atoms with Crippen LogP contribution in [0.25, 0.3) is 0 Å². The molecular weight excluding hydrogens is 230 g/mol. The summed E-state index contributed by atoms with van der Waals surface area (Å²) in [6.45, 7) is 0. The number of halogens is 2. The number of benzene rings is 1. The predicted molar refractivity (Wildman–Crippen MR) is 58.9 cm³/mol. The van der Waals surface area contributed by atoms with Gasteiger partial charge in [0.25, 0.3) is 6.43 Å². The van der Waals surface area contributed by atoms with Gasteiger partial charge in [0.2, 0.25) is 0 Å². The summed E-state index contributed by atoms with van der Waals surface area (Å²) in [5.41, 5.74) is 0.472. The lowest BCUT2D eigenvalue weighted by Crippen LogP contribution is -1.99. The van der Waals surface area contributed by atoms with E-state index in [9.17, 15) is 13.6 Å². The lowest BCUT2D eigenvalue weighted by molar-refractivity contribution is -0.107. The quantitative estimate of drug-likeness (QED) is 0.722. The molecule has 0 aromatic heterocycles.